The van der Waals surface area contributed by atoms with E-state index >= 15 is 0 Å². The van der Waals surface area contributed by atoms with Gasteiger partial charge in [-0.2, -0.15) is 0 Å². The fourth-order valence-corrected chi connectivity index (χ4v) is 1.40. The molecule has 0 aliphatic heterocycles. The number of hydrogen-bond acceptors (Lipinski definition) is 1. The van der Waals surface area contributed by atoms with Crippen molar-refractivity contribution >= 4 is 0 Å². The van der Waals surface area contributed by atoms with Crippen molar-refractivity contribution in [1.29, 1.82) is 0 Å². The lowest BCUT2D eigenvalue weighted by molar-refractivity contribution is 0.0936. The molecule has 0 rings (SSSR count). The summed E-state index contributed by atoms with van der Waals surface area (Å²) in [5.41, 5.74) is 6.58. The van der Waals surface area contributed by atoms with Gasteiger partial charge in [0.15, 0.2) is 0 Å². The molecule has 0 atom stereocenters. The van der Waals surface area contributed by atoms with E-state index in [1.165, 1.54) is 0 Å². The van der Waals surface area contributed by atoms with Gasteiger partial charge in [0, 0.05) is 5.54 Å². The van der Waals surface area contributed by atoms with Gasteiger partial charge in [-0.3, -0.25) is 0 Å². The molecule has 0 amide bonds. The van der Waals surface area contributed by atoms with Gasteiger partial charge in [-0.25, -0.2) is 0 Å². The first kappa shape index (κ1) is 12.0. The third kappa shape index (κ3) is 3.57. The minimum Gasteiger partial charge on any atom is -0.326 e. The molecular formula is C11H25N. The molecule has 0 radical (unpaired) electrons. The molecule has 0 saturated carbocycles. The Morgan fingerprint density at radius 1 is 0.833 bits per heavy atom. The van der Waals surface area contributed by atoms with Crippen LogP contribution in [0.15, 0.2) is 0 Å². The fourth-order valence-electron chi connectivity index (χ4n) is 1.40. The van der Waals surface area contributed by atoms with Crippen molar-refractivity contribution in [1.82, 2.24) is 0 Å². The number of nitrogens with two attached hydrogens (primary N) is 1. The average molecular weight is 171 g/mol. The summed E-state index contributed by atoms with van der Waals surface area (Å²) in [6.45, 7) is 15.6. The topological polar surface area (TPSA) is 26.0 Å². The molecule has 0 bridgehead atoms. The molecule has 1 heteroatoms. The predicted octanol–water partition coefficient (Wildman–Crippen LogP) is 3.19. The van der Waals surface area contributed by atoms with Gasteiger partial charge in [0.05, 0.1) is 0 Å². The molecule has 0 aromatic heterocycles. The summed E-state index contributed by atoms with van der Waals surface area (Å²) >= 11 is 0. The van der Waals surface area contributed by atoms with Crippen LogP contribution in [0.3, 0.4) is 0 Å². The van der Waals surface area contributed by atoms with Crippen LogP contribution in [0, 0.1) is 10.8 Å². The van der Waals surface area contributed by atoms with Gasteiger partial charge < -0.3 is 5.73 Å². The van der Waals surface area contributed by atoms with Crippen LogP contribution in [0.5, 0.6) is 0 Å². The molecule has 12 heavy (non-hydrogen) atoms. The third-order valence-corrected chi connectivity index (χ3v) is 2.93. The van der Waals surface area contributed by atoms with E-state index in [1.807, 2.05) is 0 Å². The summed E-state index contributed by atoms with van der Waals surface area (Å²) in [5.74, 6) is 0. The SMILES string of the molecule is CC(C)(N)CC(C)(C)C(C)(C)C. The van der Waals surface area contributed by atoms with Gasteiger partial charge in [-0.15, -0.1) is 0 Å². The van der Waals surface area contributed by atoms with Crippen LogP contribution in [0.25, 0.3) is 0 Å². The highest BCUT2D eigenvalue weighted by Gasteiger charge is 2.36. The molecule has 0 aliphatic carbocycles. The van der Waals surface area contributed by atoms with Gasteiger partial charge in [-0.1, -0.05) is 34.6 Å². The molecule has 0 aromatic carbocycles. The van der Waals surface area contributed by atoms with Crippen molar-refractivity contribution in [3.8, 4) is 0 Å². The predicted molar refractivity (Wildman–Crippen MR) is 56.1 cm³/mol. The zero-order chi connectivity index (χ0) is 10.2. The Hall–Kier alpha value is -0.0400. The summed E-state index contributed by atoms with van der Waals surface area (Å²) in [4.78, 5) is 0. The van der Waals surface area contributed by atoms with Crippen LogP contribution < -0.4 is 5.73 Å². The zero-order valence-corrected chi connectivity index (χ0v) is 9.78. The van der Waals surface area contributed by atoms with Crippen LogP contribution in [0.4, 0.5) is 0 Å². The quantitative estimate of drug-likeness (QED) is 0.678. The summed E-state index contributed by atoms with van der Waals surface area (Å²) in [7, 11) is 0. The highest BCUT2D eigenvalue weighted by atomic mass is 14.7. The highest BCUT2D eigenvalue weighted by molar-refractivity contribution is 4.89. The lowest BCUT2D eigenvalue weighted by Gasteiger charge is -2.43. The van der Waals surface area contributed by atoms with E-state index in [4.69, 9.17) is 5.73 Å². The van der Waals surface area contributed by atoms with Gasteiger partial charge in [0.2, 0.25) is 0 Å². The lowest BCUT2D eigenvalue weighted by Crippen LogP contribution is -2.42. The lowest BCUT2D eigenvalue weighted by atomic mass is 9.64. The first-order valence-corrected chi connectivity index (χ1v) is 4.75. The van der Waals surface area contributed by atoms with Gasteiger partial charge in [-0.05, 0) is 31.1 Å². The molecule has 0 unspecified atom stereocenters. The minimum absolute atomic E-state index is 0.0588. The zero-order valence-electron chi connectivity index (χ0n) is 9.78. The molecule has 0 spiro atoms. The Morgan fingerprint density at radius 2 is 1.17 bits per heavy atom. The normalized spacial score (nSPS) is 15.0. The maximum absolute atomic E-state index is 6.02. The molecule has 0 fully saturated rings. The standard InChI is InChI=1S/C11H25N/c1-9(2,3)10(4,5)8-11(6,7)12/h8,12H2,1-7H3. The Labute approximate surface area is 77.7 Å². The van der Waals surface area contributed by atoms with E-state index in [9.17, 15) is 0 Å². The van der Waals surface area contributed by atoms with Gasteiger partial charge in [0.25, 0.3) is 0 Å². The number of rotatable bonds is 2. The largest absolute Gasteiger partial charge is 0.326 e. The van der Waals surface area contributed by atoms with E-state index in [0.29, 0.717) is 10.8 Å². The Morgan fingerprint density at radius 3 is 1.25 bits per heavy atom. The summed E-state index contributed by atoms with van der Waals surface area (Å²) in [5, 5.41) is 0. The van der Waals surface area contributed by atoms with Crippen molar-refractivity contribution in [2.45, 2.75) is 60.4 Å². The monoisotopic (exact) mass is 171 g/mol. The summed E-state index contributed by atoms with van der Waals surface area (Å²) in [6.07, 6.45) is 1.06. The van der Waals surface area contributed by atoms with Crippen molar-refractivity contribution in [2.75, 3.05) is 0 Å². The fraction of sp³-hybridized carbons (Fsp3) is 1.00. The Balaban J connectivity index is 4.44. The second-order valence-electron chi connectivity index (χ2n) is 6.30. The molecular weight excluding hydrogens is 146 g/mol. The summed E-state index contributed by atoms with van der Waals surface area (Å²) in [6, 6.07) is 0. The van der Waals surface area contributed by atoms with Gasteiger partial charge >= 0.3 is 0 Å². The summed E-state index contributed by atoms with van der Waals surface area (Å²) < 4.78 is 0. The molecule has 74 valence electrons. The Bertz CT molecular complexity index is 143. The molecule has 2 N–H and O–H groups in total. The molecule has 1 nitrogen and oxygen atoms in total. The maximum Gasteiger partial charge on any atom is 0.0102 e. The maximum atomic E-state index is 6.02. The highest BCUT2D eigenvalue weighted by Crippen LogP contribution is 2.42. The van der Waals surface area contributed by atoms with Crippen molar-refractivity contribution in [3.63, 3.8) is 0 Å². The Kier molecular flexibility index (Phi) is 3.01. The first-order valence-electron chi connectivity index (χ1n) is 4.75. The molecule has 0 aromatic rings. The van der Waals surface area contributed by atoms with E-state index < -0.39 is 0 Å². The molecule has 0 heterocycles. The van der Waals surface area contributed by atoms with E-state index in [1.54, 1.807) is 0 Å². The van der Waals surface area contributed by atoms with Crippen LogP contribution in [-0.4, -0.2) is 5.54 Å². The van der Waals surface area contributed by atoms with Crippen LogP contribution in [0.2, 0.25) is 0 Å². The van der Waals surface area contributed by atoms with Crippen molar-refractivity contribution in [2.24, 2.45) is 16.6 Å². The van der Waals surface area contributed by atoms with E-state index in [0.717, 1.165) is 6.42 Å². The van der Waals surface area contributed by atoms with Crippen LogP contribution >= 0.6 is 0 Å². The number of hydrogen-bond donors (Lipinski definition) is 1. The molecule has 0 saturated heterocycles. The van der Waals surface area contributed by atoms with E-state index in [-0.39, 0.29) is 5.54 Å². The smallest absolute Gasteiger partial charge is 0.0102 e. The van der Waals surface area contributed by atoms with Crippen LogP contribution in [0.1, 0.15) is 54.9 Å². The van der Waals surface area contributed by atoms with Crippen LogP contribution in [-0.2, 0) is 0 Å². The molecule has 0 aliphatic rings. The minimum atomic E-state index is -0.0588. The second-order valence-corrected chi connectivity index (χ2v) is 6.30. The average Bonchev–Trinajstić information content (AvgIpc) is 1.52. The first-order chi connectivity index (χ1) is 4.96. The second kappa shape index (κ2) is 3.02. The van der Waals surface area contributed by atoms with E-state index in [2.05, 4.69) is 48.5 Å². The van der Waals surface area contributed by atoms with Crippen molar-refractivity contribution < 1.29 is 0 Å². The van der Waals surface area contributed by atoms with Crippen molar-refractivity contribution in [3.05, 3.63) is 0 Å². The third-order valence-electron chi connectivity index (χ3n) is 2.93. The van der Waals surface area contributed by atoms with Gasteiger partial charge in [0.1, 0.15) is 0 Å².